The van der Waals surface area contributed by atoms with Crippen molar-refractivity contribution < 1.29 is 8.58 Å². The zero-order valence-electron chi connectivity index (χ0n) is 26.9. The van der Waals surface area contributed by atoms with E-state index in [0.717, 1.165) is 44.2 Å². The Morgan fingerprint density at radius 2 is 1.35 bits per heavy atom. The minimum atomic E-state index is -3.18. The van der Waals surface area contributed by atoms with E-state index < -0.39 is 20.9 Å². The molecule has 240 valence electrons. The molecule has 0 atom stereocenters. The summed E-state index contributed by atoms with van der Waals surface area (Å²) in [6.07, 6.45) is 3.16. The first-order valence-electron chi connectivity index (χ1n) is 16.3. The Balaban J connectivity index is 1.31. The van der Waals surface area contributed by atoms with E-state index >= 15 is 0 Å². The second-order valence-electron chi connectivity index (χ2n) is 12.2. The van der Waals surface area contributed by atoms with Crippen LogP contribution in [0.2, 0.25) is 0 Å². The van der Waals surface area contributed by atoms with Gasteiger partial charge in [0.2, 0.25) is 0 Å². The average Bonchev–Trinajstić information content (AvgIpc) is 3.92. The second kappa shape index (κ2) is 11.5. The zero-order valence-corrected chi connectivity index (χ0v) is 28.0. The van der Waals surface area contributed by atoms with Gasteiger partial charge in [-0.15, -0.1) is 0 Å². The largest absolute Gasteiger partial charge is 0.899 e. The number of amidine groups is 5. The highest BCUT2D eigenvalue weighted by Crippen LogP contribution is 2.42. The Kier molecular flexibility index (Phi) is 6.60. The van der Waals surface area contributed by atoms with Gasteiger partial charge in [-0.25, -0.2) is 34.7 Å². The fourth-order valence-electron chi connectivity index (χ4n) is 7.04. The van der Waals surface area contributed by atoms with Crippen LogP contribution in [0.25, 0.3) is 10.8 Å². The summed E-state index contributed by atoms with van der Waals surface area (Å²) in [5.74, 6) is 3.36. The first kappa shape index (κ1) is 29.3. The molecule has 0 unspecified atom stereocenters. The maximum absolute atomic E-state index is 14.1. The highest BCUT2D eigenvalue weighted by Gasteiger charge is 2.50. The molecule has 0 radical (unpaired) electrons. The molecule has 0 aliphatic carbocycles. The number of fused-ring (bicyclic) bond motifs is 11. The van der Waals surface area contributed by atoms with Gasteiger partial charge in [0, 0.05) is 57.5 Å². The Bertz CT molecular complexity index is 2660. The summed E-state index contributed by atoms with van der Waals surface area (Å²) in [5.41, 5.74) is 5.81. The second-order valence-corrected chi connectivity index (χ2v) is 14.3. The predicted molar refractivity (Wildman–Crippen MR) is 199 cm³/mol. The van der Waals surface area contributed by atoms with Crippen molar-refractivity contribution in [3.8, 4) is 0 Å². The van der Waals surface area contributed by atoms with Crippen molar-refractivity contribution in [2.75, 3.05) is 0 Å². The van der Waals surface area contributed by atoms with Gasteiger partial charge < -0.3 is 11.2 Å². The molecule has 0 saturated carbocycles. The molecule has 2 bridgehead atoms. The highest BCUT2D eigenvalue weighted by atomic mass is 27.2. The van der Waals surface area contributed by atoms with Crippen molar-refractivity contribution in [2.45, 2.75) is 6.54 Å². The smallest absolute Gasteiger partial charge is 0.579 e. The molecule has 12 heteroatoms. The van der Waals surface area contributed by atoms with E-state index in [9.17, 15) is 4.79 Å². The number of aliphatic imine (C=N–C) groups is 6. The van der Waals surface area contributed by atoms with E-state index in [-0.39, 0.29) is 0 Å². The van der Waals surface area contributed by atoms with Gasteiger partial charge in [-0.2, -0.15) is 0 Å². The first-order valence-corrected chi connectivity index (χ1v) is 17.9. The van der Waals surface area contributed by atoms with Crippen molar-refractivity contribution in [1.82, 2.24) is 12.4 Å². The van der Waals surface area contributed by atoms with Crippen molar-refractivity contribution in [2.24, 2.45) is 30.0 Å². The molecular formula is C39H24AlN9O2. The van der Waals surface area contributed by atoms with Gasteiger partial charge in [0.05, 0.1) is 5.56 Å². The first-order chi connectivity index (χ1) is 25.2. The quantitative estimate of drug-likeness (QED) is 0.159. The molecule has 4 aromatic carbocycles. The van der Waals surface area contributed by atoms with Gasteiger partial charge in [-0.05, 0) is 24.4 Å². The molecule has 4 aliphatic rings. The molecule has 0 fully saturated rings. The Morgan fingerprint density at radius 1 is 0.706 bits per heavy atom. The number of carbonyl (C=O) groups is 1. The summed E-state index contributed by atoms with van der Waals surface area (Å²) in [4.78, 5) is 48.1. The lowest BCUT2D eigenvalue weighted by atomic mass is 10.1. The number of rotatable bonds is 3. The maximum atomic E-state index is 14.1. The van der Waals surface area contributed by atoms with Crippen LogP contribution in [0.5, 0.6) is 0 Å². The maximum Gasteiger partial charge on any atom is 0.899 e. The van der Waals surface area contributed by atoms with E-state index in [2.05, 4.69) is 32.7 Å². The molecule has 0 saturated heterocycles. The van der Waals surface area contributed by atoms with Gasteiger partial charge in [-0.1, -0.05) is 97.1 Å². The van der Waals surface area contributed by atoms with Gasteiger partial charge in [-0.3, -0.25) is 4.98 Å². The Morgan fingerprint density at radius 3 is 2.12 bits per heavy atom. The zero-order chi connectivity index (χ0) is 34.1. The molecule has 11 nitrogen and oxygen atoms in total. The van der Waals surface area contributed by atoms with E-state index in [1.165, 1.54) is 0 Å². The number of nitrogens with zero attached hydrogens (tertiary/aromatic N) is 9. The third-order valence-corrected chi connectivity index (χ3v) is 11.7. The minimum Gasteiger partial charge on any atom is -0.579 e. The molecule has 6 heterocycles. The van der Waals surface area contributed by atoms with Gasteiger partial charge >= 0.3 is 20.9 Å². The lowest BCUT2D eigenvalue weighted by Crippen LogP contribution is -2.49. The predicted octanol–water partition coefficient (Wildman–Crippen LogP) is 6.38. The monoisotopic (exact) mass is 677 g/mol. The number of carbonyl (C=O) groups excluding carboxylic acids is 1. The summed E-state index contributed by atoms with van der Waals surface area (Å²) >= 11 is -3.18. The molecule has 4 aliphatic heterocycles. The molecule has 0 amide bonds. The number of benzene rings is 4. The topological polar surface area (TPSA) is 122 Å². The fraction of sp³-hybridized carbons (Fsp3) is 0.0256. The Hall–Kier alpha value is -6.61. The standard InChI is InChI=1S/C33H20N8.C6H5NO2.Al/c1-34-27-21-12-4-5-13-22(21)29(36-27)38-31-25-16-8-9-17-26(25)33(40-31)41-32-24-15-7-6-14-23(24)30(39-32)37-28-20-11-3-2-10-19(20)18-35-28;8-6(9)5-1-3-7-4-2-5;/h2-17H,1,18H2;1-4H,(H,8,9);/q-2;;+3/p-1/b38-29-;;. The summed E-state index contributed by atoms with van der Waals surface area (Å²) in [6, 6.07) is 35.2. The van der Waals surface area contributed by atoms with Crippen molar-refractivity contribution >= 4 is 79.2 Å². The van der Waals surface area contributed by atoms with Crippen LogP contribution in [0.1, 0.15) is 43.7 Å². The SMILES string of the molecule is C=NC1=N/C(=N\c2c3ccccc3c3[n]2[Al]([O]C(=O)c2ccncc2)[N]2Cc4ccccc4C2=NC2=N/C(=N\3)c3ccccc32)c2ccccc21. The van der Waals surface area contributed by atoms with Crippen LogP contribution >= 0.6 is 0 Å². The number of aromatic nitrogens is 2. The summed E-state index contributed by atoms with van der Waals surface area (Å²) < 4.78 is 10.9. The fourth-order valence-corrected chi connectivity index (χ4v) is 9.45. The molecule has 2 aromatic heterocycles. The molecule has 0 spiro atoms. The van der Waals surface area contributed by atoms with Crippen LogP contribution in [0, 0.1) is 0 Å². The summed E-state index contributed by atoms with van der Waals surface area (Å²) in [6.45, 7) is 4.21. The van der Waals surface area contributed by atoms with Crippen molar-refractivity contribution in [3.63, 3.8) is 0 Å². The van der Waals surface area contributed by atoms with Crippen LogP contribution in [-0.2, 0) is 10.3 Å². The van der Waals surface area contributed by atoms with Crippen molar-refractivity contribution in [3.05, 3.63) is 161 Å². The third kappa shape index (κ3) is 4.58. The third-order valence-electron chi connectivity index (χ3n) is 9.38. The summed E-state index contributed by atoms with van der Waals surface area (Å²) in [7, 11) is 0. The lowest BCUT2D eigenvalue weighted by molar-refractivity contribution is 0.0712. The van der Waals surface area contributed by atoms with Crippen LogP contribution in [-0.4, -0.2) is 69.2 Å². The minimum absolute atomic E-state index is 0.384. The van der Waals surface area contributed by atoms with E-state index in [1.807, 2.05) is 88.5 Å². The highest BCUT2D eigenvalue weighted by molar-refractivity contribution is 6.56. The van der Waals surface area contributed by atoms with Gasteiger partial charge in [0.15, 0.2) is 23.3 Å². The van der Waals surface area contributed by atoms with Gasteiger partial charge in [0.1, 0.15) is 17.5 Å². The molecular weight excluding hydrogens is 653 g/mol. The van der Waals surface area contributed by atoms with Crippen LogP contribution in [0.3, 0.4) is 0 Å². The van der Waals surface area contributed by atoms with Gasteiger partial charge in [0.25, 0.3) is 0 Å². The lowest BCUT2D eigenvalue weighted by Gasteiger charge is -2.27. The molecule has 6 aromatic rings. The summed E-state index contributed by atoms with van der Waals surface area (Å²) in [5, 5.41) is 1.65. The van der Waals surface area contributed by atoms with E-state index in [4.69, 9.17) is 28.8 Å². The number of pyridine rings is 1. The molecule has 10 rings (SSSR count). The Labute approximate surface area is 296 Å². The normalized spacial score (nSPS) is 17.0. The van der Waals surface area contributed by atoms with Crippen LogP contribution in [0.4, 0.5) is 11.6 Å². The number of hydrogen-bond acceptors (Lipinski definition) is 9. The molecule has 51 heavy (non-hydrogen) atoms. The molecule has 0 N–H and O–H groups in total. The average molecular weight is 678 g/mol. The number of hydrogen-bond donors (Lipinski definition) is 0. The van der Waals surface area contributed by atoms with E-state index in [1.54, 1.807) is 24.5 Å². The van der Waals surface area contributed by atoms with Crippen molar-refractivity contribution in [1.29, 1.82) is 0 Å². The van der Waals surface area contributed by atoms with E-state index in [0.29, 0.717) is 52.9 Å². The van der Waals surface area contributed by atoms with Crippen LogP contribution in [0.15, 0.2) is 152 Å². The van der Waals surface area contributed by atoms with Crippen LogP contribution < -0.4 is 0 Å².